The SMILES string of the molecule is C=C/C=C/Cn1c2c(c3c1[C@@H](CC(=O)O)CC3)CC=C(S(C)(=O)=O)C=C2C(C)N=O.C=CCCl. The van der Waals surface area contributed by atoms with Gasteiger partial charge >= 0.3 is 5.97 Å². The van der Waals surface area contributed by atoms with E-state index in [1.165, 1.54) is 0 Å². The number of alkyl halides is 1. The molecule has 1 N–H and O–H groups in total. The molecule has 0 amide bonds. The number of fused-ring (bicyclic) bond motifs is 3. The second kappa shape index (κ2) is 12.1. The lowest BCUT2D eigenvalue weighted by molar-refractivity contribution is -0.137. The molecule has 7 nitrogen and oxygen atoms in total. The molecule has 1 aromatic rings. The molecule has 0 spiro atoms. The Morgan fingerprint density at radius 1 is 1.38 bits per heavy atom. The van der Waals surface area contributed by atoms with Crippen molar-refractivity contribution in [1.29, 1.82) is 0 Å². The minimum absolute atomic E-state index is 0.0338. The third-order valence-electron chi connectivity index (χ3n) is 5.85. The molecule has 2 aliphatic carbocycles. The van der Waals surface area contributed by atoms with Gasteiger partial charge in [-0.25, -0.2) is 8.42 Å². The van der Waals surface area contributed by atoms with E-state index in [0.29, 0.717) is 24.4 Å². The molecule has 3 rings (SSSR count). The summed E-state index contributed by atoms with van der Waals surface area (Å²) in [5.74, 6) is -0.420. The summed E-state index contributed by atoms with van der Waals surface area (Å²) in [6.45, 7) is 9.15. The number of carboxylic acids is 1. The van der Waals surface area contributed by atoms with E-state index >= 15 is 0 Å². The lowest BCUT2D eigenvalue weighted by atomic mass is 9.99. The Labute approximate surface area is 206 Å². The number of sulfone groups is 1. The van der Waals surface area contributed by atoms with Crippen LogP contribution in [-0.2, 0) is 34.0 Å². The van der Waals surface area contributed by atoms with Crippen molar-refractivity contribution in [2.75, 3.05) is 12.1 Å². The van der Waals surface area contributed by atoms with Gasteiger partial charge in [-0.15, -0.1) is 18.2 Å². The van der Waals surface area contributed by atoms with Crippen LogP contribution in [0.3, 0.4) is 0 Å². The largest absolute Gasteiger partial charge is 0.481 e. The van der Waals surface area contributed by atoms with E-state index in [2.05, 4.69) is 18.3 Å². The fourth-order valence-electron chi connectivity index (χ4n) is 4.47. The fourth-order valence-corrected chi connectivity index (χ4v) is 5.20. The number of aliphatic carboxylic acids is 1. The van der Waals surface area contributed by atoms with Crippen molar-refractivity contribution in [2.45, 2.75) is 51.1 Å². The van der Waals surface area contributed by atoms with Gasteiger partial charge in [0.05, 0.1) is 17.0 Å². The molecule has 0 saturated carbocycles. The first-order chi connectivity index (χ1) is 16.1. The number of carbonyl (C=O) groups is 1. The summed E-state index contributed by atoms with van der Waals surface area (Å²) in [4.78, 5) is 23.1. The van der Waals surface area contributed by atoms with Gasteiger partial charge in [0.15, 0.2) is 9.84 Å². The highest BCUT2D eigenvalue weighted by Crippen LogP contribution is 2.45. The minimum Gasteiger partial charge on any atom is -0.481 e. The summed E-state index contributed by atoms with van der Waals surface area (Å²) in [6.07, 6.45) is 13.3. The van der Waals surface area contributed by atoms with E-state index in [1.807, 2.05) is 16.7 Å². The van der Waals surface area contributed by atoms with Crippen molar-refractivity contribution in [1.82, 2.24) is 4.57 Å². The zero-order valence-electron chi connectivity index (χ0n) is 19.5. The molecule has 0 bridgehead atoms. The maximum absolute atomic E-state index is 12.3. The highest BCUT2D eigenvalue weighted by atomic mass is 35.5. The lowest BCUT2D eigenvalue weighted by Gasteiger charge is -2.19. The Morgan fingerprint density at radius 2 is 2.06 bits per heavy atom. The topological polar surface area (TPSA) is 106 Å². The van der Waals surface area contributed by atoms with Crippen LogP contribution >= 0.6 is 11.6 Å². The molecular weight excluding hydrogens is 476 g/mol. The van der Waals surface area contributed by atoms with E-state index in [4.69, 9.17) is 11.6 Å². The third-order valence-corrected chi connectivity index (χ3v) is 7.21. The van der Waals surface area contributed by atoms with E-state index < -0.39 is 21.8 Å². The van der Waals surface area contributed by atoms with Crippen molar-refractivity contribution in [3.63, 3.8) is 0 Å². The number of allylic oxidation sites excluding steroid dienone is 6. The minimum atomic E-state index is -3.47. The molecule has 1 heterocycles. The normalized spacial score (nSPS) is 17.9. The average Bonchev–Trinajstić information content (AvgIpc) is 3.23. The summed E-state index contributed by atoms with van der Waals surface area (Å²) in [5.41, 5.74) is 4.33. The summed E-state index contributed by atoms with van der Waals surface area (Å²) >= 11 is 5.07. The Balaban J connectivity index is 0.000000945. The van der Waals surface area contributed by atoms with Crippen LogP contribution in [0.4, 0.5) is 0 Å². The van der Waals surface area contributed by atoms with Gasteiger partial charge in [-0.05, 0) is 43.4 Å². The predicted octanol–water partition coefficient (Wildman–Crippen LogP) is 5.17. The molecule has 0 saturated heterocycles. The molecule has 0 radical (unpaired) electrons. The molecule has 1 aromatic heterocycles. The number of aromatic nitrogens is 1. The molecule has 0 aromatic carbocycles. The Morgan fingerprint density at radius 3 is 2.59 bits per heavy atom. The van der Waals surface area contributed by atoms with Gasteiger partial charge in [-0.2, -0.15) is 4.91 Å². The van der Waals surface area contributed by atoms with Crippen molar-refractivity contribution >= 4 is 33.0 Å². The van der Waals surface area contributed by atoms with E-state index in [9.17, 15) is 23.2 Å². The van der Waals surface area contributed by atoms with E-state index in [-0.39, 0.29) is 17.2 Å². The van der Waals surface area contributed by atoms with Gasteiger partial charge < -0.3 is 9.67 Å². The van der Waals surface area contributed by atoms with Crippen LogP contribution in [0, 0.1) is 4.91 Å². The number of carboxylic acid groups (broad SMARTS) is 1. The summed E-state index contributed by atoms with van der Waals surface area (Å²) in [6, 6.07) is -0.748. The van der Waals surface area contributed by atoms with Gasteiger partial charge in [0.1, 0.15) is 6.04 Å². The molecule has 9 heteroatoms. The van der Waals surface area contributed by atoms with Gasteiger partial charge in [0.25, 0.3) is 0 Å². The van der Waals surface area contributed by atoms with E-state index in [0.717, 1.165) is 41.6 Å². The lowest BCUT2D eigenvalue weighted by Crippen LogP contribution is -2.14. The summed E-state index contributed by atoms with van der Waals surface area (Å²) in [7, 11) is -3.47. The Bertz CT molecular complexity index is 1160. The second-order valence-corrected chi connectivity index (χ2v) is 10.5. The van der Waals surface area contributed by atoms with Gasteiger partial charge in [-0.1, -0.05) is 42.1 Å². The molecule has 184 valence electrons. The summed E-state index contributed by atoms with van der Waals surface area (Å²) in [5, 5.41) is 12.5. The smallest absolute Gasteiger partial charge is 0.304 e. The van der Waals surface area contributed by atoms with Crippen molar-refractivity contribution in [3.8, 4) is 0 Å². The number of hydrogen-bond donors (Lipinski definition) is 1. The molecule has 2 aliphatic rings. The Hall–Kier alpha value is -2.71. The number of rotatable bonds is 9. The number of hydrogen-bond acceptors (Lipinski definition) is 5. The first-order valence-electron chi connectivity index (χ1n) is 11.0. The molecule has 1 unspecified atom stereocenters. The molecule has 0 aliphatic heterocycles. The zero-order chi connectivity index (χ0) is 25.5. The number of halogens is 1. The summed E-state index contributed by atoms with van der Waals surface area (Å²) < 4.78 is 26.6. The van der Waals surface area contributed by atoms with Crippen LogP contribution in [-0.4, -0.2) is 42.2 Å². The molecule has 0 fully saturated rings. The van der Waals surface area contributed by atoms with Crippen molar-refractivity contribution < 1.29 is 18.3 Å². The second-order valence-electron chi connectivity index (χ2n) is 8.21. The van der Waals surface area contributed by atoms with Crippen LogP contribution in [0.1, 0.15) is 48.2 Å². The van der Waals surface area contributed by atoms with E-state index in [1.54, 1.807) is 31.2 Å². The van der Waals surface area contributed by atoms with Crippen molar-refractivity contribution in [2.24, 2.45) is 5.18 Å². The third kappa shape index (κ3) is 6.24. The van der Waals surface area contributed by atoms with Crippen LogP contribution in [0.2, 0.25) is 0 Å². The standard InChI is InChI=1S/C22H26N2O5S.C3H5Cl/c1-4-5-6-11-24-21-15(12-20(25)26)7-9-17(21)18-10-8-16(30(3,28)29)13-19(22(18)24)14(2)23-27;1-2-3-4/h4-6,8,13-15H,1,7,9-12H2,2-3H3,(H,25,26);2H,1,3H2/b6-5+;/t14?,15-;/m1./s1. The number of nitrogens with zero attached hydrogens (tertiary/aromatic N) is 2. The van der Waals surface area contributed by atoms with Gasteiger partial charge in [0.2, 0.25) is 0 Å². The molecule has 2 atom stereocenters. The van der Waals surface area contributed by atoms with Crippen LogP contribution < -0.4 is 0 Å². The quantitative estimate of drug-likeness (QED) is 0.215. The predicted molar refractivity (Wildman–Crippen MR) is 138 cm³/mol. The Kier molecular flexibility index (Phi) is 9.82. The first-order valence-corrected chi connectivity index (χ1v) is 13.4. The van der Waals surface area contributed by atoms with Crippen LogP contribution in [0.25, 0.3) is 5.57 Å². The van der Waals surface area contributed by atoms with Gasteiger partial charge in [-0.3, -0.25) is 4.79 Å². The number of nitroso groups, excluding NO2 is 1. The van der Waals surface area contributed by atoms with Crippen LogP contribution in [0.5, 0.6) is 0 Å². The zero-order valence-corrected chi connectivity index (χ0v) is 21.1. The molecular formula is C25H31ClN2O5S. The monoisotopic (exact) mass is 506 g/mol. The fraction of sp³-hybridized carbons (Fsp3) is 0.400. The molecule has 34 heavy (non-hydrogen) atoms. The average molecular weight is 507 g/mol. The highest BCUT2D eigenvalue weighted by Gasteiger charge is 2.36. The van der Waals surface area contributed by atoms with Crippen LogP contribution in [0.15, 0.2) is 59.7 Å². The maximum atomic E-state index is 12.3. The van der Waals surface area contributed by atoms with Crippen molar-refractivity contribution in [3.05, 3.63) is 81.9 Å². The van der Waals surface area contributed by atoms with Gasteiger partial charge in [0, 0.05) is 35.9 Å². The maximum Gasteiger partial charge on any atom is 0.304 e. The first kappa shape index (κ1) is 27.5. The highest BCUT2D eigenvalue weighted by molar-refractivity contribution is 7.94.